The predicted octanol–water partition coefficient (Wildman–Crippen LogP) is 2.00. The highest BCUT2D eigenvalue weighted by Gasteiger charge is 2.33. The van der Waals surface area contributed by atoms with Crippen LogP contribution in [0.15, 0.2) is 12.1 Å². The van der Waals surface area contributed by atoms with Crippen LogP contribution in [0.4, 0.5) is 17.3 Å². The van der Waals surface area contributed by atoms with Crippen molar-refractivity contribution in [2.24, 2.45) is 5.41 Å². The molecule has 1 aliphatic carbocycles. The minimum atomic E-state index is -0.449. The van der Waals surface area contributed by atoms with E-state index in [-0.39, 0.29) is 23.5 Å². The third-order valence-corrected chi connectivity index (χ3v) is 3.96. The average Bonchev–Trinajstić information content (AvgIpc) is 2.94. The lowest BCUT2D eigenvalue weighted by atomic mass is 9.87. The summed E-state index contributed by atoms with van der Waals surface area (Å²) in [4.78, 5) is 14.8. The summed E-state index contributed by atoms with van der Waals surface area (Å²) in [6, 6.07) is 3.00. The highest BCUT2D eigenvalue weighted by Crippen LogP contribution is 2.38. The van der Waals surface area contributed by atoms with E-state index in [0.29, 0.717) is 12.4 Å². The number of aromatic nitrogens is 1. The van der Waals surface area contributed by atoms with Gasteiger partial charge >= 0.3 is 5.69 Å². The molecule has 0 atom stereocenters. The Hall–Kier alpha value is -1.89. The molecular formula is C13H20N4O3. The summed E-state index contributed by atoms with van der Waals surface area (Å²) < 4.78 is 0. The van der Waals surface area contributed by atoms with Crippen molar-refractivity contribution in [1.29, 1.82) is 0 Å². The summed E-state index contributed by atoms with van der Waals surface area (Å²) >= 11 is 0. The molecule has 7 nitrogen and oxygen atoms in total. The zero-order valence-electron chi connectivity index (χ0n) is 11.6. The number of aliphatic hydroxyl groups is 1. The van der Waals surface area contributed by atoms with E-state index in [1.807, 2.05) is 0 Å². The van der Waals surface area contributed by atoms with Gasteiger partial charge in [0, 0.05) is 25.1 Å². The molecule has 2 rings (SSSR count). The van der Waals surface area contributed by atoms with Crippen LogP contribution in [0.25, 0.3) is 0 Å². The van der Waals surface area contributed by atoms with Gasteiger partial charge in [-0.3, -0.25) is 10.1 Å². The molecule has 0 saturated heterocycles. The highest BCUT2D eigenvalue weighted by molar-refractivity contribution is 5.60. The third-order valence-electron chi connectivity index (χ3n) is 3.96. The molecule has 3 N–H and O–H groups in total. The van der Waals surface area contributed by atoms with E-state index >= 15 is 0 Å². The largest absolute Gasteiger partial charge is 0.396 e. The first-order chi connectivity index (χ1) is 9.60. The first-order valence-corrected chi connectivity index (χ1v) is 6.78. The maximum atomic E-state index is 11.0. The van der Waals surface area contributed by atoms with E-state index in [2.05, 4.69) is 15.6 Å². The van der Waals surface area contributed by atoms with Crippen LogP contribution < -0.4 is 10.6 Å². The Kier molecular flexibility index (Phi) is 4.39. The molecular weight excluding hydrogens is 260 g/mol. The Balaban J connectivity index is 2.16. The summed E-state index contributed by atoms with van der Waals surface area (Å²) in [5, 5.41) is 26.5. The zero-order valence-corrected chi connectivity index (χ0v) is 11.6. The lowest BCUT2D eigenvalue weighted by molar-refractivity contribution is -0.384. The van der Waals surface area contributed by atoms with Crippen molar-refractivity contribution < 1.29 is 10.0 Å². The van der Waals surface area contributed by atoms with Gasteiger partial charge in [-0.1, -0.05) is 12.8 Å². The number of pyridine rings is 1. The molecule has 0 bridgehead atoms. The van der Waals surface area contributed by atoms with E-state index in [1.54, 1.807) is 13.1 Å². The van der Waals surface area contributed by atoms with Crippen LogP contribution in [0.5, 0.6) is 0 Å². The number of anilines is 2. The van der Waals surface area contributed by atoms with Crippen LogP contribution in [-0.4, -0.2) is 35.2 Å². The normalized spacial score (nSPS) is 16.9. The number of rotatable bonds is 6. The van der Waals surface area contributed by atoms with E-state index in [1.165, 1.54) is 6.07 Å². The number of nitro groups is 1. The van der Waals surface area contributed by atoms with Crippen LogP contribution >= 0.6 is 0 Å². The average molecular weight is 280 g/mol. The van der Waals surface area contributed by atoms with Gasteiger partial charge in [0.1, 0.15) is 5.82 Å². The molecule has 1 fully saturated rings. The molecule has 0 amide bonds. The fraction of sp³-hybridized carbons (Fsp3) is 0.615. The van der Waals surface area contributed by atoms with Crippen LogP contribution in [0.3, 0.4) is 0 Å². The first kappa shape index (κ1) is 14.5. The molecule has 7 heteroatoms. The fourth-order valence-corrected chi connectivity index (χ4v) is 2.66. The van der Waals surface area contributed by atoms with E-state index in [4.69, 9.17) is 0 Å². The quantitative estimate of drug-likeness (QED) is 0.544. The van der Waals surface area contributed by atoms with E-state index in [9.17, 15) is 15.2 Å². The van der Waals surface area contributed by atoms with Crippen molar-refractivity contribution in [3.05, 3.63) is 22.2 Å². The SMILES string of the molecule is CNc1ccc([N+](=O)[O-])c(NCC2(CO)CCCC2)n1. The van der Waals surface area contributed by atoms with Gasteiger partial charge in [-0.25, -0.2) is 4.98 Å². The monoisotopic (exact) mass is 280 g/mol. The van der Waals surface area contributed by atoms with Gasteiger partial charge in [0.05, 0.1) is 11.5 Å². The van der Waals surface area contributed by atoms with Crippen molar-refractivity contribution in [3.63, 3.8) is 0 Å². The maximum absolute atomic E-state index is 11.0. The first-order valence-electron chi connectivity index (χ1n) is 6.78. The Morgan fingerprint density at radius 1 is 1.45 bits per heavy atom. The van der Waals surface area contributed by atoms with Crippen molar-refractivity contribution in [2.45, 2.75) is 25.7 Å². The molecule has 110 valence electrons. The smallest absolute Gasteiger partial charge is 0.311 e. The summed E-state index contributed by atoms with van der Waals surface area (Å²) in [7, 11) is 1.71. The molecule has 20 heavy (non-hydrogen) atoms. The maximum Gasteiger partial charge on any atom is 0.311 e. The Morgan fingerprint density at radius 3 is 2.70 bits per heavy atom. The second-order valence-corrected chi connectivity index (χ2v) is 5.29. The van der Waals surface area contributed by atoms with Crippen LogP contribution in [0, 0.1) is 15.5 Å². The van der Waals surface area contributed by atoms with Crippen molar-refractivity contribution >= 4 is 17.3 Å². The van der Waals surface area contributed by atoms with Gasteiger partial charge in [0.15, 0.2) is 0 Å². The van der Waals surface area contributed by atoms with Crippen LogP contribution in [0.1, 0.15) is 25.7 Å². The summed E-state index contributed by atoms with van der Waals surface area (Å²) in [6.07, 6.45) is 4.06. The molecule has 1 aliphatic rings. The zero-order chi connectivity index (χ0) is 14.6. The minimum Gasteiger partial charge on any atom is -0.396 e. The van der Waals surface area contributed by atoms with E-state index < -0.39 is 4.92 Å². The van der Waals surface area contributed by atoms with Gasteiger partial charge in [0.25, 0.3) is 0 Å². The lowest BCUT2D eigenvalue weighted by Crippen LogP contribution is -2.31. The van der Waals surface area contributed by atoms with Gasteiger partial charge in [-0.15, -0.1) is 0 Å². The standard InChI is InChI=1S/C13H20N4O3/c1-14-11-5-4-10(17(19)20)12(16-11)15-8-13(9-18)6-2-3-7-13/h4-5,18H,2-3,6-9H2,1H3,(H2,14,15,16). The van der Waals surface area contributed by atoms with Crippen molar-refractivity contribution in [2.75, 3.05) is 30.8 Å². The highest BCUT2D eigenvalue weighted by atomic mass is 16.6. The lowest BCUT2D eigenvalue weighted by Gasteiger charge is -2.26. The number of hydrogen-bond acceptors (Lipinski definition) is 6. The minimum absolute atomic E-state index is 0.0462. The van der Waals surface area contributed by atoms with Crippen LogP contribution in [0.2, 0.25) is 0 Å². The molecule has 0 unspecified atom stereocenters. The molecule has 1 aromatic heterocycles. The number of nitrogens with zero attached hydrogens (tertiary/aromatic N) is 2. The number of aliphatic hydroxyl groups excluding tert-OH is 1. The van der Waals surface area contributed by atoms with Gasteiger partial charge < -0.3 is 15.7 Å². The van der Waals surface area contributed by atoms with Crippen molar-refractivity contribution in [3.8, 4) is 0 Å². The number of hydrogen-bond donors (Lipinski definition) is 3. The van der Waals surface area contributed by atoms with E-state index in [0.717, 1.165) is 25.7 Å². The Labute approximate surface area is 117 Å². The molecule has 0 spiro atoms. The van der Waals surface area contributed by atoms with Crippen LogP contribution in [-0.2, 0) is 0 Å². The van der Waals surface area contributed by atoms with Gasteiger partial charge in [-0.2, -0.15) is 0 Å². The summed E-state index contributed by atoms with van der Waals surface area (Å²) in [5.41, 5.74) is -0.222. The second-order valence-electron chi connectivity index (χ2n) is 5.29. The molecule has 0 aliphatic heterocycles. The predicted molar refractivity (Wildman–Crippen MR) is 76.9 cm³/mol. The Morgan fingerprint density at radius 2 is 2.15 bits per heavy atom. The van der Waals surface area contributed by atoms with Crippen molar-refractivity contribution in [1.82, 2.24) is 4.98 Å². The second kappa shape index (κ2) is 6.04. The fourth-order valence-electron chi connectivity index (χ4n) is 2.66. The molecule has 0 radical (unpaired) electrons. The molecule has 1 saturated carbocycles. The molecule has 0 aromatic carbocycles. The van der Waals surface area contributed by atoms with Gasteiger partial charge in [-0.05, 0) is 18.9 Å². The molecule has 1 aromatic rings. The topological polar surface area (TPSA) is 100 Å². The summed E-state index contributed by atoms with van der Waals surface area (Å²) in [5.74, 6) is 0.823. The van der Waals surface area contributed by atoms with Gasteiger partial charge in [0.2, 0.25) is 5.82 Å². The third kappa shape index (κ3) is 2.98. The Bertz CT molecular complexity index is 487. The molecule has 1 heterocycles. The summed E-state index contributed by atoms with van der Waals surface area (Å²) in [6.45, 7) is 0.601. The number of nitrogens with one attached hydrogen (secondary N) is 2.